The molecule has 1 aromatic rings. The third-order valence-corrected chi connectivity index (χ3v) is 5.11. The second-order valence-corrected chi connectivity index (χ2v) is 9.58. The van der Waals surface area contributed by atoms with Gasteiger partial charge in [-0.3, -0.25) is 0 Å². The predicted octanol–water partition coefficient (Wildman–Crippen LogP) is 3.58. The summed E-state index contributed by atoms with van der Waals surface area (Å²) in [6, 6.07) is 9.59. The van der Waals surface area contributed by atoms with E-state index < -0.39 is 17.1 Å². The highest BCUT2D eigenvalue weighted by molar-refractivity contribution is 7.84. The first-order valence-electron chi connectivity index (χ1n) is 7.43. The van der Waals surface area contributed by atoms with E-state index in [1.807, 2.05) is 51.1 Å². The van der Waals surface area contributed by atoms with Crippen molar-refractivity contribution in [2.24, 2.45) is 5.41 Å². The molecule has 0 saturated carbocycles. The van der Waals surface area contributed by atoms with Gasteiger partial charge in [-0.25, -0.2) is 8.93 Å². The number of rotatable bonds is 5. The summed E-state index contributed by atoms with van der Waals surface area (Å²) in [6.45, 7) is 12.1. The Morgan fingerprint density at radius 3 is 2.05 bits per heavy atom. The Bertz CT molecular complexity index is 460. The summed E-state index contributed by atoms with van der Waals surface area (Å²) in [7, 11) is -1.15. The largest absolute Gasteiger partial charge is 0.388 e. The van der Waals surface area contributed by atoms with Gasteiger partial charge in [-0.15, -0.1) is 0 Å². The van der Waals surface area contributed by atoms with Gasteiger partial charge in [-0.1, -0.05) is 51.1 Å². The van der Waals surface area contributed by atoms with Gasteiger partial charge < -0.3 is 5.11 Å². The van der Waals surface area contributed by atoms with E-state index in [1.54, 1.807) is 0 Å². The van der Waals surface area contributed by atoms with Gasteiger partial charge in [-0.2, -0.15) is 0 Å². The van der Waals surface area contributed by atoms with Crippen LogP contribution in [-0.4, -0.2) is 20.1 Å². The van der Waals surface area contributed by atoms with Gasteiger partial charge in [0.2, 0.25) is 0 Å². The molecule has 3 nitrogen and oxygen atoms in total. The lowest BCUT2D eigenvalue weighted by Crippen LogP contribution is -2.46. The Balaban J connectivity index is 2.83. The van der Waals surface area contributed by atoms with Crippen molar-refractivity contribution < 1.29 is 9.32 Å². The van der Waals surface area contributed by atoms with Gasteiger partial charge in [0.1, 0.15) is 0 Å². The zero-order valence-corrected chi connectivity index (χ0v) is 14.8. The van der Waals surface area contributed by atoms with Crippen molar-refractivity contribution in [1.29, 1.82) is 0 Å². The predicted molar refractivity (Wildman–Crippen MR) is 90.3 cm³/mol. The second-order valence-electron chi connectivity index (χ2n) is 7.58. The van der Waals surface area contributed by atoms with Crippen LogP contribution in [0.15, 0.2) is 30.3 Å². The molecule has 3 atom stereocenters. The first-order valence-corrected chi connectivity index (χ1v) is 8.58. The maximum atomic E-state index is 12.4. The van der Waals surface area contributed by atoms with Crippen LogP contribution in [0, 0.1) is 5.41 Å². The highest BCUT2D eigenvalue weighted by Gasteiger charge is 2.31. The lowest BCUT2D eigenvalue weighted by molar-refractivity contribution is 0.128. The molecule has 21 heavy (non-hydrogen) atoms. The molecule has 2 N–H and O–H groups in total. The molecule has 4 heteroatoms. The molecule has 1 unspecified atom stereocenters. The summed E-state index contributed by atoms with van der Waals surface area (Å²) < 4.78 is 15.2. The van der Waals surface area contributed by atoms with Crippen LogP contribution >= 0.6 is 0 Å². The Labute approximate surface area is 131 Å². The number of aliphatic hydroxyl groups excluding tert-OH is 1. The molecule has 0 aliphatic carbocycles. The number of hydrogen-bond donors (Lipinski definition) is 2. The summed E-state index contributed by atoms with van der Waals surface area (Å²) in [6.07, 6.45) is -0.0186. The molecule has 0 bridgehead atoms. The number of nitrogens with one attached hydrogen (secondary N) is 1. The standard InChI is InChI=1S/C17H29NO2S/c1-16(2,3)15(18-21(20)17(4,5)6)12-14(19)13-10-8-7-9-11-13/h7-11,14-15,18-19H,12H2,1-6H3/t14-,15+,21?/m0/s1. The molecule has 0 aliphatic heterocycles. The zero-order chi connectivity index (χ0) is 16.3. The van der Waals surface area contributed by atoms with Crippen molar-refractivity contribution in [1.82, 2.24) is 4.72 Å². The van der Waals surface area contributed by atoms with Crippen LogP contribution in [0.1, 0.15) is 59.6 Å². The molecule has 0 fully saturated rings. The van der Waals surface area contributed by atoms with E-state index in [2.05, 4.69) is 25.5 Å². The van der Waals surface area contributed by atoms with Crippen molar-refractivity contribution in [2.75, 3.05) is 0 Å². The van der Waals surface area contributed by atoms with Gasteiger partial charge >= 0.3 is 0 Å². The summed E-state index contributed by atoms with van der Waals surface area (Å²) in [5.74, 6) is 0. The fraction of sp³-hybridized carbons (Fsp3) is 0.647. The number of benzene rings is 1. The lowest BCUT2D eigenvalue weighted by Gasteiger charge is -2.34. The molecule has 1 aromatic carbocycles. The lowest BCUT2D eigenvalue weighted by atomic mass is 9.83. The summed E-state index contributed by atoms with van der Waals surface area (Å²) in [5, 5.41) is 10.4. The van der Waals surface area contributed by atoms with Crippen LogP contribution in [-0.2, 0) is 11.0 Å². The maximum Gasteiger partial charge on any atom is 0.0972 e. The molecule has 120 valence electrons. The minimum absolute atomic E-state index is 0.0345. The minimum atomic E-state index is -1.15. The first-order chi connectivity index (χ1) is 9.51. The Hall–Kier alpha value is -0.710. The third-order valence-electron chi connectivity index (χ3n) is 3.49. The molecule has 0 radical (unpaired) electrons. The molecule has 0 heterocycles. The third kappa shape index (κ3) is 5.89. The summed E-state index contributed by atoms with van der Waals surface area (Å²) in [4.78, 5) is 0. The van der Waals surface area contributed by atoms with E-state index in [-0.39, 0.29) is 16.2 Å². The second kappa shape index (κ2) is 7.03. The molecule has 0 saturated heterocycles. The Morgan fingerprint density at radius 1 is 1.10 bits per heavy atom. The number of aliphatic hydroxyl groups is 1. The van der Waals surface area contributed by atoms with Crippen molar-refractivity contribution in [3.63, 3.8) is 0 Å². The van der Waals surface area contributed by atoms with Crippen LogP contribution in [0.25, 0.3) is 0 Å². The fourth-order valence-electron chi connectivity index (χ4n) is 1.92. The van der Waals surface area contributed by atoms with Gasteiger partial charge in [0.15, 0.2) is 0 Å². The molecule has 1 rings (SSSR count). The minimum Gasteiger partial charge on any atom is -0.388 e. The maximum absolute atomic E-state index is 12.4. The zero-order valence-electron chi connectivity index (χ0n) is 14.0. The molecule has 0 spiro atoms. The average molecular weight is 311 g/mol. The van der Waals surface area contributed by atoms with Gasteiger partial charge in [-0.05, 0) is 38.2 Å². The Morgan fingerprint density at radius 2 is 1.62 bits per heavy atom. The highest BCUT2D eigenvalue weighted by atomic mass is 32.2. The SMILES string of the molecule is CC(C)(C)[C@@H](C[C@H](O)c1ccccc1)NS(=O)C(C)(C)C. The van der Waals surface area contributed by atoms with E-state index in [1.165, 1.54) is 0 Å². The van der Waals surface area contributed by atoms with Crippen LogP contribution in [0.3, 0.4) is 0 Å². The van der Waals surface area contributed by atoms with E-state index >= 15 is 0 Å². The van der Waals surface area contributed by atoms with Crippen LogP contribution < -0.4 is 4.72 Å². The highest BCUT2D eigenvalue weighted by Crippen LogP contribution is 2.29. The van der Waals surface area contributed by atoms with Crippen LogP contribution in [0.5, 0.6) is 0 Å². The summed E-state index contributed by atoms with van der Waals surface area (Å²) >= 11 is 0. The topological polar surface area (TPSA) is 49.3 Å². The van der Waals surface area contributed by atoms with Gasteiger partial charge in [0.25, 0.3) is 0 Å². The van der Waals surface area contributed by atoms with Crippen molar-refractivity contribution in [3.8, 4) is 0 Å². The van der Waals surface area contributed by atoms with E-state index in [0.29, 0.717) is 6.42 Å². The molecular weight excluding hydrogens is 282 g/mol. The average Bonchev–Trinajstić information content (AvgIpc) is 2.36. The van der Waals surface area contributed by atoms with E-state index in [0.717, 1.165) is 5.56 Å². The molecule has 0 amide bonds. The van der Waals surface area contributed by atoms with Gasteiger partial charge in [0.05, 0.1) is 21.8 Å². The fourth-order valence-corrected chi connectivity index (χ4v) is 2.98. The normalized spacial score (nSPS) is 17.3. The van der Waals surface area contributed by atoms with Crippen molar-refractivity contribution in [2.45, 2.75) is 64.9 Å². The van der Waals surface area contributed by atoms with Crippen molar-refractivity contribution in [3.05, 3.63) is 35.9 Å². The van der Waals surface area contributed by atoms with E-state index in [4.69, 9.17) is 0 Å². The first kappa shape index (κ1) is 18.3. The van der Waals surface area contributed by atoms with Crippen LogP contribution in [0.2, 0.25) is 0 Å². The van der Waals surface area contributed by atoms with Crippen LogP contribution in [0.4, 0.5) is 0 Å². The van der Waals surface area contributed by atoms with E-state index in [9.17, 15) is 9.32 Å². The number of hydrogen-bond acceptors (Lipinski definition) is 2. The smallest absolute Gasteiger partial charge is 0.0972 e. The monoisotopic (exact) mass is 311 g/mol. The Kier molecular flexibility index (Phi) is 6.14. The van der Waals surface area contributed by atoms with Gasteiger partial charge in [0, 0.05) is 6.04 Å². The van der Waals surface area contributed by atoms with Crippen molar-refractivity contribution >= 4 is 11.0 Å². The molecule has 0 aromatic heterocycles. The molecular formula is C17H29NO2S. The molecule has 0 aliphatic rings. The summed E-state index contributed by atoms with van der Waals surface area (Å²) in [5.41, 5.74) is 0.812. The quantitative estimate of drug-likeness (QED) is 0.873.